The zero-order valence-electron chi connectivity index (χ0n) is 35.2. The summed E-state index contributed by atoms with van der Waals surface area (Å²) in [6.45, 7) is 26.2. The highest BCUT2D eigenvalue weighted by Gasteiger charge is 2.37. The van der Waals surface area contributed by atoms with E-state index in [4.69, 9.17) is 4.79 Å². The van der Waals surface area contributed by atoms with Crippen LogP contribution < -0.4 is 20.7 Å². The largest absolute Gasteiger partial charge is 0.362 e. The minimum atomic E-state index is -0.424. The summed E-state index contributed by atoms with van der Waals surface area (Å²) in [7, 11) is 3.28. The number of carbonyl (C=O) groups excluding carboxylic acids is 5. The standard InChI is InChI=1S/C15H25N3O3.C15H25NOS2.C4H10.C3H6.C2H5NO.C2H6/c1-10(19)12(8-11-5-6-11)17-15(21)13-4-3-7-18(13)14(20)9-16-2;1-4-9-14(18-5-2)19-16-13(12-17)15(3)10-7-6-8-11-15;1-4(2)3;1-3-2;1-3-2-4;1-2/h11-13,16H,3-9H2,1-2H3,(H,17,21);5,9,12-13,16H,2,4,6-8,10-11H2,1,3H3;4H,1-3H3;3H,1H2,2H3;2H,1H3,(H,3,4);1-2H3/b;14-9+;;;;. The van der Waals surface area contributed by atoms with Crippen molar-refractivity contribution in [3.8, 4) is 0 Å². The number of Topliss-reactive ketones (excluding diaryl/α,β-unsaturated/α-hetero) is 1. The Morgan fingerprint density at radius 3 is 1.94 bits per heavy atom. The summed E-state index contributed by atoms with van der Waals surface area (Å²) >= 11 is 3.18. The van der Waals surface area contributed by atoms with Gasteiger partial charge in [-0.1, -0.05) is 111 Å². The number of aldehydes is 1. The first-order chi connectivity index (χ1) is 25.2. The van der Waals surface area contributed by atoms with Crippen molar-refractivity contribution in [2.24, 2.45) is 17.3 Å². The van der Waals surface area contributed by atoms with Crippen molar-refractivity contribution in [1.82, 2.24) is 25.6 Å². The number of carbonyl (C=O) groups is 5. The normalized spacial score (nSPS) is 18.0. The van der Waals surface area contributed by atoms with Crippen LogP contribution in [0.25, 0.3) is 0 Å². The highest BCUT2D eigenvalue weighted by atomic mass is 32.2. The molecule has 0 spiro atoms. The minimum Gasteiger partial charge on any atom is -0.362 e. The van der Waals surface area contributed by atoms with E-state index >= 15 is 0 Å². The van der Waals surface area contributed by atoms with E-state index in [1.807, 2.05) is 26.2 Å². The number of likely N-dealkylation sites (tertiary alicyclic amines) is 1. The van der Waals surface area contributed by atoms with Crippen LogP contribution in [0.2, 0.25) is 0 Å². The summed E-state index contributed by atoms with van der Waals surface area (Å²) in [5.74, 6) is 1.17. The molecular weight excluding hydrogens is 707 g/mol. The Morgan fingerprint density at radius 1 is 0.981 bits per heavy atom. The lowest BCUT2D eigenvalue weighted by molar-refractivity contribution is -0.138. The van der Waals surface area contributed by atoms with Gasteiger partial charge in [0.25, 0.3) is 0 Å². The first-order valence-electron chi connectivity index (χ1n) is 19.5. The highest BCUT2D eigenvalue weighted by molar-refractivity contribution is 8.22. The van der Waals surface area contributed by atoms with Crippen LogP contribution in [0.1, 0.15) is 133 Å². The molecule has 10 nitrogen and oxygen atoms in total. The van der Waals surface area contributed by atoms with Crippen LogP contribution >= 0.6 is 23.7 Å². The second-order valence-corrected chi connectivity index (χ2v) is 16.1. The number of allylic oxidation sites excluding steroid dienone is 2. The molecule has 1 aliphatic heterocycles. The van der Waals surface area contributed by atoms with Gasteiger partial charge in [-0.25, -0.2) is 4.72 Å². The number of rotatable bonds is 16. The van der Waals surface area contributed by atoms with Crippen molar-refractivity contribution in [1.29, 1.82) is 0 Å². The van der Waals surface area contributed by atoms with Gasteiger partial charge in [-0.3, -0.25) is 19.2 Å². The molecule has 0 aromatic carbocycles. The van der Waals surface area contributed by atoms with Crippen molar-refractivity contribution in [2.75, 3.05) is 27.2 Å². The predicted octanol–water partition coefficient (Wildman–Crippen LogP) is 8.20. The van der Waals surface area contributed by atoms with E-state index in [1.54, 1.807) is 48.8 Å². The topological polar surface area (TPSA) is 137 Å². The van der Waals surface area contributed by atoms with Gasteiger partial charge in [-0.2, -0.15) is 0 Å². The Bertz CT molecular complexity index is 1040. The molecule has 3 fully saturated rings. The summed E-state index contributed by atoms with van der Waals surface area (Å²) in [5, 5.41) is 9.75. The van der Waals surface area contributed by atoms with Crippen molar-refractivity contribution >= 4 is 54.0 Å². The molecule has 1 saturated heterocycles. The maximum atomic E-state index is 12.4. The fourth-order valence-electron chi connectivity index (χ4n) is 5.36. The molecule has 2 saturated carbocycles. The molecule has 308 valence electrons. The molecule has 53 heavy (non-hydrogen) atoms. The van der Waals surface area contributed by atoms with E-state index in [-0.39, 0.29) is 35.6 Å². The molecule has 0 bridgehead atoms. The van der Waals surface area contributed by atoms with E-state index in [9.17, 15) is 19.2 Å². The van der Waals surface area contributed by atoms with Crippen molar-refractivity contribution in [3.63, 3.8) is 0 Å². The lowest BCUT2D eigenvalue weighted by Gasteiger charge is -2.38. The maximum absolute atomic E-state index is 12.4. The van der Waals surface area contributed by atoms with Crippen LogP contribution in [0.4, 0.5) is 0 Å². The number of hydrogen-bond donors (Lipinski definition) is 4. The molecule has 2 aliphatic carbocycles. The van der Waals surface area contributed by atoms with Gasteiger partial charge in [0.15, 0.2) is 5.78 Å². The number of ketones is 1. The van der Waals surface area contributed by atoms with Crippen molar-refractivity contribution in [3.05, 3.63) is 35.0 Å². The third-order valence-corrected chi connectivity index (χ3v) is 9.98. The quantitative estimate of drug-likeness (QED) is 0.0694. The van der Waals surface area contributed by atoms with Gasteiger partial charge >= 0.3 is 0 Å². The number of nitrogens with one attached hydrogen (secondary N) is 4. The Hall–Kier alpha value is -2.41. The highest BCUT2D eigenvalue weighted by Crippen LogP contribution is 2.40. The van der Waals surface area contributed by atoms with Gasteiger partial charge in [0.2, 0.25) is 18.2 Å². The van der Waals surface area contributed by atoms with Gasteiger partial charge in [0, 0.05) is 13.6 Å². The van der Waals surface area contributed by atoms with Crippen LogP contribution in [-0.2, 0) is 24.0 Å². The zero-order chi connectivity index (χ0) is 41.2. The van der Waals surface area contributed by atoms with Crippen molar-refractivity contribution < 1.29 is 24.0 Å². The molecule has 3 aliphatic rings. The second-order valence-electron chi connectivity index (χ2n) is 13.9. The van der Waals surface area contributed by atoms with Crippen molar-refractivity contribution in [2.45, 2.75) is 151 Å². The molecule has 0 aromatic heterocycles. The second kappa shape index (κ2) is 35.3. The average molecular weight is 784 g/mol. The number of amides is 3. The molecule has 0 radical (unpaired) electrons. The van der Waals surface area contributed by atoms with Crippen LogP contribution in [-0.4, -0.2) is 80.5 Å². The van der Waals surface area contributed by atoms with E-state index in [0.29, 0.717) is 25.3 Å². The smallest absolute Gasteiger partial charge is 0.243 e. The Balaban J connectivity index is -0.000000714. The van der Waals surface area contributed by atoms with Gasteiger partial charge in [-0.15, -0.1) is 6.58 Å². The lowest BCUT2D eigenvalue weighted by atomic mass is 9.71. The lowest BCUT2D eigenvalue weighted by Crippen LogP contribution is -2.51. The van der Waals surface area contributed by atoms with Crippen LogP contribution in [0.3, 0.4) is 0 Å². The Labute approximate surface area is 332 Å². The summed E-state index contributed by atoms with van der Waals surface area (Å²) in [6.07, 6.45) is 17.2. The number of hydrogen-bond acceptors (Lipinski definition) is 9. The Kier molecular flexibility index (Phi) is 36.6. The van der Waals surface area contributed by atoms with Crippen LogP contribution in [0, 0.1) is 17.3 Å². The van der Waals surface area contributed by atoms with E-state index in [0.717, 1.165) is 57.1 Å². The fourth-order valence-corrected chi connectivity index (χ4v) is 7.16. The van der Waals surface area contributed by atoms with Gasteiger partial charge in [-0.05, 0) is 94.0 Å². The van der Waals surface area contributed by atoms with Gasteiger partial charge in [0.1, 0.15) is 12.3 Å². The molecule has 1 heterocycles. The summed E-state index contributed by atoms with van der Waals surface area (Å²) in [6, 6.07) is -0.887. The summed E-state index contributed by atoms with van der Waals surface area (Å²) in [4.78, 5) is 58.2. The first kappa shape index (κ1) is 54.9. The maximum Gasteiger partial charge on any atom is 0.243 e. The third-order valence-electron chi connectivity index (χ3n) is 8.13. The van der Waals surface area contributed by atoms with Crippen LogP contribution in [0.5, 0.6) is 0 Å². The minimum absolute atomic E-state index is 0.00125. The number of thioether (sulfide) groups is 1. The zero-order valence-corrected chi connectivity index (χ0v) is 36.8. The molecule has 3 rings (SSSR count). The molecule has 4 N–H and O–H groups in total. The fraction of sp³-hybridized carbons (Fsp3) is 0.732. The predicted molar refractivity (Wildman–Crippen MR) is 229 cm³/mol. The number of likely N-dealkylation sites (N-methyl/N-ethyl adjacent to an activating group) is 1. The number of nitrogens with zero attached hydrogens (tertiary/aromatic N) is 1. The molecule has 3 amide bonds. The van der Waals surface area contributed by atoms with Gasteiger partial charge in [0.05, 0.1) is 22.9 Å². The molecule has 3 unspecified atom stereocenters. The van der Waals surface area contributed by atoms with E-state index < -0.39 is 12.1 Å². The molecule has 12 heteroatoms. The summed E-state index contributed by atoms with van der Waals surface area (Å²) in [5.41, 5.74) is 0.114. The molecular formula is C41H77N5O5S2. The molecule has 3 atom stereocenters. The average Bonchev–Trinajstić information content (AvgIpc) is 3.80. The van der Waals surface area contributed by atoms with Gasteiger partial charge < -0.3 is 25.6 Å². The van der Waals surface area contributed by atoms with E-state index in [1.165, 1.54) is 30.4 Å². The van der Waals surface area contributed by atoms with Crippen LogP contribution in [0.15, 0.2) is 35.0 Å². The Morgan fingerprint density at radius 2 is 1.53 bits per heavy atom. The SMILES string of the molecule is C=CC.C=CS/C(=C\CC)SNC(C=O)C1(C)CCCCC1.CC.CC(C)C.CNC=O.CNCC(=O)N1CCCC1C(=O)NC(CC1CC1)C(C)=O. The molecule has 0 aromatic rings. The monoisotopic (exact) mass is 784 g/mol. The first-order valence-corrected chi connectivity index (χ1v) is 21.2. The van der Waals surface area contributed by atoms with E-state index in [2.05, 4.69) is 74.5 Å². The third kappa shape index (κ3) is 27.8. The summed E-state index contributed by atoms with van der Waals surface area (Å²) < 4.78 is 4.53.